The lowest BCUT2D eigenvalue weighted by Gasteiger charge is -2.23. The van der Waals surface area contributed by atoms with E-state index in [1.165, 1.54) is 6.20 Å². The van der Waals surface area contributed by atoms with Gasteiger partial charge in [-0.25, -0.2) is 14.3 Å². The standard InChI is InChI=1S/C21H27FN3O7P/c1-13(2)30-20(27)14(3)24-33(32-15-7-5-4-6-8-15)29-12-16-11-17(22)19(31-16)25-10-9-18(26)23-21(25)28/h4-10,13-14,16-17,19,24H,11-12H2,1-3H3,(H,23,26,28). The van der Waals surface area contributed by atoms with Gasteiger partial charge in [-0.1, -0.05) is 18.2 Å². The van der Waals surface area contributed by atoms with Crippen LogP contribution < -0.4 is 20.9 Å². The van der Waals surface area contributed by atoms with Crippen molar-refractivity contribution in [2.45, 2.75) is 57.8 Å². The summed E-state index contributed by atoms with van der Waals surface area (Å²) in [6.45, 7) is 5.07. The van der Waals surface area contributed by atoms with Gasteiger partial charge in [0.2, 0.25) is 0 Å². The number of esters is 1. The van der Waals surface area contributed by atoms with Crippen LogP contribution in [-0.4, -0.2) is 46.5 Å². The predicted octanol–water partition coefficient (Wildman–Crippen LogP) is 2.41. The largest absolute Gasteiger partial charge is 0.462 e. The summed E-state index contributed by atoms with van der Waals surface area (Å²) in [5, 5.41) is 2.97. The second-order valence-corrected chi connectivity index (χ2v) is 8.92. The molecule has 1 saturated heterocycles. The van der Waals surface area contributed by atoms with Crippen LogP contribution >= 0.6 is 8.53 Å². The van der Waals surface area contributed by atoms with Crippen molar-refractivity contribution >= 4 is 14.5 Å². The zero-order chi connectivity index (χ0) is 24.0. The molecule has 0 aliphatic carbocycles. The van der Waals surface area contributed by atoms with E-state index in [9.17, 15) is 18.8 Å². The van der Waals surface area contributed by atoms with Crippen LogP contribution in [0.5, 0.6) is 5.75 Å². The van der Waals surface area contributed by atoms with E-state index in [0.717, 1.165) is 10.6 Å². The minimum absolute atomic E-state index is 0.0182. The van der Waals surface area contributed by atoms with E-state index >= 15 is 0 Å². The Kier molecular flexibility index (Phi) is 8.74. The highest BCUT2D eigenvalue weighted by Gasteiger charge is 2.38. The highest BCUT2D eigenvalue weighted by atomic mass is 31.2. The van der Waals surface area contributed by atoms with E-state index in [4.69, 9.17) is 18.5 Å². The first-order valence-corrected chi connectivity index (χ1v) is 11.6. The number of benzene rings is 1. The van der Waals surface area contributed by atoms with Gasteiger partial charge in [-0.15, -0.1) is 0 Å². The van der Waals surface area contributed by atoms with Crippen molar-refractivity contribution in [1.29, 1.82) is 0 Å². The summed E-state index contributed by atoms with van der Waals surface area (Å²) in [5.74, 6) is 0.0603. The van der Waals surface area contributed by atoms with Crippen molar-refractivity contribution in [3.63, 3.8) is 0 Å². The highest BCUT2D eigenvalue weighted by molar-refractivity contribution is 7.45. The van der Waals surface area contributed by atoms with Crippen LogP contribution in [0.1, 0.15) is 33.4 Å². The SMILES string of the molecule is CC(C)OC(=O)C(C)NP(OCC1CC(F)C(n2ccc(=O)[nH]c2=O)O1)Oc1ccccc1. The van der Waals surface area contributed by atoms with Gasteiger partial charge in [-0.3, -0.25) is 19.1 Å². The lowest BCUT2D eigenvalue weighted by molar-refractivity contribution is -0.149. The topological polar surface area (TPSA) is 121 Å². The Morgan fingerprint density at radius 3 is 2.67 bits per heavy atom. The van der Waals surface area contributed by atoms with Crippen molar-refractivity contribution in [1.82, 2.24) is 14.6 Å². The number of carbonyl (C=O) groups is 1. The Morgan fingerprint density at radius 1 is 1.27 bits per heavy atom. The third-order valence-corrected chi connectivity index (χ3v) is 5.93. The summed E-state index contributed by atoms with van der Waals surface area (Å²) in [5.41, 5.74) is -1.34. The summed E-state index contributed by atoms with van der Waals surface area (Å²) in [4.78, 5) is 37.5. The molecule has 1 aromatic heterocycles. The molecule has 1 aliphatic heterocycles. The van der Waals surface area contributed by atoms with E-state index in [0.29, 0.717) is 5.75 Å². The molecule has 0 amide bonds. The van der Waals surface area contributed by atoms with Crippen LogP contribution in [0, 0.1) is 0 Å². The van der Waals surface area contributed by atoms with Crippen molar-refractivity contribution in [2.75, 3.05) is 6.61 Å². The quantitative estimate of drug-likeness (QED) is 0.391. The summed E-state index contributed by atoms with van der Waals surface area (Å²) < 4.78 is 38.1. The Labute approximate surface area is 191 Å². The Balaban J connectivity index is 1.64. The van der Waals surface area contributed by atoms with Gasteiger partial charge in [0.15, 0.2) is 6.23 Å². The lowest BCUT2D eigenvalue weighted by Crippen LogP contribution is -2.35. The second-order valence-electron chi connectivity index (χ2n) is 7.71. The van der Waals surface area contributed by atoms with E-state index < -0.39 is 50.3 Å². The number of rotatable bonds is 10. The number of H-pyrrole nitrogens is 1. The Hall–Kier alpha value is -2.59. The third-order valence-electron chi connectivity index (χ3n) is 4.57. The lowest BCUT2D eigenvalue weighted by atomic mass is 10.2. The van der Waals surface area contributed by atoms with Crippen LogP contribution in [0.15, 0.2) is 52.2 Å². The molecule has 0 saturated carbocycles. The number of hydrogen-bond donors (Lipinski definition) is 2. The first kappa shape index (κ1) is 25.0. The molecule has 2 aromatic rings. The molecule has 0 bridgehead atoms. The van der Waals surface area contributed by atoms with E-state index in [-0.39, 0.29) is 19.1 Å². The zero-order valence-electron chi connectivity index (χ0n) is 18.5. The number of aromatic amines is 1. The minimum atomic E-state index is -1.81. The van der Waals surface area contributed by atoms with Gasteiger partial charge in [0.05, 0.1) is 18.8 Å². The molecule has 12 heteroatoms. The van der Waals surface area contributed by atoms with Gasteiger partial charge < -0.3 is 18.5 Å². The molecule has 5 atom stereocenters. The predicted molar refractivity (Wildman–Crippen MR) is 119 cm³/mol. The molecule has 2 heterocycles. The maximum Gasteiger partial charge on any atom is 0.330 e. The molecule has 5 unspecified atom stereocenters. The van der Waals surface area contributed by atoms with Crippen molar-refractivity contribution in [3.05, 3.63) is 63.4 Å². The molecular formula is C21H27FN3O7P. The number of carbonyl (C=O) groups excluding carboxylic acids is 1. The van der Waals surface area contributed by atoms with Crippen LogP contribution in [0.4, 0.5) is 4.39 Å². The van der Waals surface area contributed by atoms with E-state index in [1.807, 2.05) is 6.07 Å². The van der Waals surface area contributed by atoms with Crippen LogP contribution in [0.25, 0.3) is 0 Å². The van der Waals surface area contributed by atoms with Crippen LogP contribution in [-0.2, 0) is 18.8 Å². The molecule has 1 fully saturated rings. The molecule has 10 nitrogen and oxygen atoms in total. The molecule has 3 rings (SSSR count). The van der Waals surface area contributed by atoms with Crippen molar-refractivity contribution < 1.29 is 27.7 Å². The minimum Gasteiger partial charge on any atom is -0.462 e. The number of aromatic nitrogens is 2. The fraction of sp³-hybridized carbons (Fsp3) is 0.476. The molecule has 0 spiro atoms. The van der Waals surface area contributed by atoms with Crippen molar-refractivity contribution in [3.8, 4) is 5.75 Å². The summed E-state index contributed by atoms with van der Waals surface area (Å²) in [6.07, 6.45) is -2.43. The Morgan fingerprint density at radius 2 is 2.00 bits per heavy atom. The van der Waals surface area contributed by atoms with Crippen molar-refractivity contribution in [2.24, 2.45) is 0 Å². The molecule has 33 heavy (non-hydrogen) atoms. The molecule has 2 N–H and O–H groups in total. The summed E-state index contributed by atoms with van der Waals surface area (Å²) in [7, 11) is -1.81. The number of ether oxygens (including phenoxy) is 2. The number of halogens is 1. The molecule has 180 valence electrons. The second kappa shape index (κ2) is 11.5. The number of alkyl halides is 1. The number of nitrogens with zero attached hydrogens (tertiary/aromatic N) is 1. The maximum absolute atomic E-state index is 14.6. The first-order valence-electron chi connectivity index (χ1n) is 10.5. The van der Waals surface area contributed by atoms with Gasteiger partial charge in [0.1, 0.15) is 18.0 Å². The average molecular weight is 483 g/mol. The van der Waals surface area contributed by atoms with Crippen LogP contribution in [0.3, 0.4) is 0 Å². The summed E-state index contributed by atoms with van der Waals surface area (Å²) in [6, 6.07) is 9.29. The Bertz CT molecular complexity index is 1030. The van der Waals surface area contributed by atoms with Gasteiger partial charge in [-0.05, 0) is 32.9 Å². The highest BCUT2D eigenvalue weighted by Crippen LogP contribution is 2.38. The molecule has 1 aromatic carbocycles. The maximum atomic E-state index is 14.6. The smallest absolute Gasteiger partial charge is 0.330 e. The van der Waals surface area contributed by atoms with E-state index in [1.54, 1.807) is 45.0 Å². The first-order chi connectivity index (χ1) is 15.7. The summed E-state index contributed by atoms with van der Waals surface area (Å²) >= 11 is 0. The fourth-order valence-electron chi connectivity index (χ4n) is 3.04. The van der Waals surface area contributed by atoms with Crippen LogP contribution in [0.2, 0.25) is 0 Å². The number of hydrogen-bond acceptors (Lipinski definition) is 8. The van der Waals surface area contributed by atoms with Gasteiger partial charge >= 0.3 is 20.2 Å². The van der Waals surface area contributed by atoms with E-state index in [2.05, 4.69) is 10.1 Å². The van der Waals surface area contributed by atoms with Gasteiger partial charge in [-0.2, -0.15) is 0 Å². The van der Waals surface area contributed by atoms with Gasteiger partial charge in [0, 0.05) is 18.7 Å². The average Bonchev–Trinajstić information content (AvgIpc) is 3.12. The zero-order valence-corrected chi connectivity index (χ0v) is 19.4. The number of para-hydroxylation sites is 1. The monoisotopic (exact) mass is 483 g/mol. The molecular weight excluding hydrogens is 456 g/mol. The third kappa shape index (κ3) is 7.20. The molecule has 0 radical (unpaired) electrons. The fourth-order valence-corrected chi connectivity index (χ4v) is 4.26. The molecule has 1 aliphatic rings. The normalized spacial score (nSPS) is 22.2. The van der Waals surface area contributed by atoms with Gasteiger partial charge in [0.25, 0.3) is 5.56 Å². The number of nitrogens with one attached hydrogen (secondary N) is 2.